The molecule has 2 aliphatic rings. The lowest BCUT2D eigenvalue weighted by Gasteiger charge is -2.32. The molecule has 1 unspecified atom stereocenters. The van der Waals surface area contributed by atoms with E-state index in [0.717, 1.165) is 44.1 Å². The molecular formula is C23H30N4O2. The third-order valence-corrected chi connectivity index (χ3v) is 5.61. The topological polar surface area (TPSA) is 57.7 Å². The summed E-state index contributed by atoms with van der Waals surface area (Å²) in [4.78, 5) is 21.5. The molecular weight excluding hydrogens is 364 g/mol. The van der Waals surface area contributed by atoms with Gasteiger partial charge in [0.05, 0.1) is 31.1 Å². The summed E-state index contributed by atoms with van der Waals surface area (Å²) in [7, 11) is 0. The van der Waals surface area contributed by atoms with Crippen molar-refractivity contribution in [3.8, 4) is 0 Å². The van der Waals surface area contributed by atoms with Gasteiger partial charge in [0.15, 0.2) is 0 Å². The van der Waals surface area contributed by atoms with Gasteiger partial charge in [-0.1, -0.05) is 30.3 Å². The Morgan fingerprint density at radius 2 is 1.90 bits per heavy atom. The van der Waals surface area contributed by atoms with Crippen LogP contribution >= 0.6 is 0 Å². The number of morpholine rings is 1. The van der Waals surface area contributed by atoms with Crippen molar-refractivity contribution in [1.82, 2.24) is 9.88 Å². The fraction of sp³-hybridized carbons (Fsp3) is 0.478. The monoisotopic (exact) mass is 394 g/mol. The standard InChI is InChI=1S/C23H30N4O2/c28-23(25-20-9-10-22(24-16-20)27-11-5-2-6-12-27)18-26-13-14-29-21(17-26)15-19-7-3-1-4-8-19/h1,3-4,7-10,16,21H,2,5-6,11-15,17-18H2,(H,25,28). The molecule has 2 aromatic rings. The molecule has 6 heteroatoms. The highest BCUT2D eigenvalue weighted by atomic mass is 16.5. The number of benzene rings is 1. The van der Waals surface area contributed by atoms with Crippen molar-refractivity contribution in [2.45, 2.75) is 31.8 Å². The molecule has 0 bridgehead atoms. The SMILES string of the molecule is O=C(CN1CCOC(Cc2ccccc2)C1)Nc1ccc(N2CCCCC2)nc1. The Morgan fingerprint density at radius 1 is 1.07 bits per heavy atom. The Morgan fingerprint density at radius 3 is 2.66 bits per heavy atom. The normalized spacial score (nSPS) is 20.4. The van der Waals surface area contributed by atoms with Gasteiger partial charge in [-0.25, -0.2) is 4.98 Å². The molecule has 1 aromatic carbocycles. The lowest BCUT2D eigenvalue weighted by atomic mass is 10.1. The Bertz CT molecular complexity index is 775. The van der Waals surface area contributed by atoms with Crippen molar-refractivity contribution in [3.05, 3.63) is 54.2 Å². The first-order valence-corrected chi connectivity index (χ1v) is 10.6. The fourth-order valence-corrected chi connectivity index (χ4v) is 4.10. The van der Waals surface area contributed by atoms with E-state index in [2.05, 4.69) is 32.2 Å². The van der Waals surface area contributed by atoms with Crippen LogP contribution in [0.2, 0.25) is 0 Å². The number of nitrogens with zero attached hydrogens (tertiary/aromatic N) is 3. The number of aromatic nitrogens is 1. The van der Waals surface area contributed by atoms with Gasteiger partial charge < -0.3 is 15.0 Å². The van der Waals surface area contributed by atoms with Crippen LogP contribution in [0.3, 0.4) is 0 Å². The molecule has 0 radical (unpaired) electrons. The summed E-state index contributed by atoms with van der Waals surface area (Å²) in [5.74, 6) is 0.998. The number of rotatable bonds is 6. The maximum absolute atomic E-state index is 12.5. The van der Waals surface area contributed by atoms with Crippen LogP contribution in [0.1, 0.15) is 24.8 Å². The van der Waals surface area contributed by atoms with Crippen LogP contribution in [-0.2, 0) is 16.0 Å². The zero-order chi connectivity index (χ0) is 19.9. The Kier molecular flexibility index (Phi) is 6.75. The summed E-state index contributed by atoms with van der Waals surface area (Å²) in [6.07, 6.45) is 6.53. The molecule has 3 heterocycles. The number of hydrogen-bond donors (Lipinski definition) is 1. The van der Waals surface area contributed by atoms with Gasteiger partial charge in [-0.2, -0.15) is 0 Å². The number of piperidine rings is 1. The van der Waals surface area contributed by atoms with E-state index in [9.17, 15) is 4.79 Å². The number of nitrogens with one attached hydrogen (secondary N) is 1. The molecule has 2 aliphatic heterocycles. The second-order valence-corrected chi connectivity index (χ2v) is 7.92. The summed E-state index contributed by atoms with van der Waals surface area (Å²) in [5.41, 5.74) is 2.02. The number of anilines is 2. The highest BCUT2D eigenvalue weighted by Crippen LogP contribution is 2.19. The van der Waals surface area contributed by atoms with Crippen molar-refractivity contribution in [3.63, 3.8) is 0 Å². The van der Waals surface area contributed by atoms with Gasteiger partial charge in [0.25, 0.3) is 0 Å². The zero-order valence-electron chi connectivity index (χ0n) is 16.9. The Hall–Kier alpha value is -2.44. The Balaban J connectivity index is 1.25. The van der Waals surface area contributed by atoms with E-state index < -0.39 is 0 Å². The molecule has 1 aromatic heterocycles. The highest BCUT2D eigenvalue weighted by molar-refractivity contribution is 5.92. The molecule has 2 saturated heterocycles. The molecule has 1 atom stereocenters. The van der Waals surface area contributed by atoms with Crippen molar-refractivity contribution in [2.75, 3.05) is 49.5 Å². The molecule has 0 saturated carbocycles. The van der Waals surface area contributed by atoms with Gasteiger partial charge in [-0.15, -0.1) is 0 Å². The molecule has 2 fully saturated rings. The van der Waals surface area contributed by atoms with Crippen LogP contribution < -0.4 is 10.2 Å². The quantitative estimate of drug-likeness (QED) is 0.816. The molecule has 29 heavy (non-hydrogen) atoms. The highest BCUT2D eigenvalue weighted by Gasteiger charge is 2.22. The van der Waals surface area contributed by atoms with E-state index >= 15 is 0 Å². The molecule has 6 nitrogen and oxygen atoms in total. The first-order valence-electron chi connectivity index (χ1n) is 10.6. The fourth-order valence-electron chi connectivity index (χ4n) is 4.10. The van der Waals surface area contributed by atoms with E-state index in [1.165, 1.54) is 24.8 Å². The number of carbonyl (C=O) groups is 1. The van der Waals surface area contributed by atoms with Crippen LogP contribution in [0.15, 0.2) is 48.7 Å². The van der Waals surface area contributed by atoms with E-state index in [0.29, 0.717) is 13.2 Å². The van der Waals surface area contributed by atoms with Crippen molar-refractivity contribution >= 4 is 17.4 Å². The minimum absolute atomic E-state index is 0.00196. The van der Waals surface area contributed by atoms with Crippen molar-refractivity contribution < 1.29 is 9.53 Å². The largest absolute Gasteiger partial charge is 0.375 e. The zero-order valence-corrected chi connectivity index (χ0v) is 16.9. The van der Waals surface area contributed by atoms with E-state index in [-0.39, 0.29) is 12.0 Å². The predicted octanol–water partition coefficient (Wildman–Crippen LogP) is 2.95. The van der Waals surface area contributed by atoms with E-state index in [1.807, 2.05) is 30.3 Å². The first kappa shape index (κ1) is 19.9. The van der Waals surface area contributed by atoms with Crippen molar-refractivity contribution in [1.29, 1.82) is 0 Å². The second-order valence-electron chi connectivity index (χ2n) is 7.92. The van der Waals surface area contributed by atoms with Gasteiger partial charge in [0.2, 0.25) is 5.91 Å². The summed E-state index contributed by atoms with van der Waals surface area (Å²) in [6.45, 7) is 4.73. The molecule has 154 valence electrons. The van der Waals surface area contributed by atoms with Gasteiger partial charge in [0.1, 0.15) is 5.82 Å². The van der Waals surface area contributed by atoms with Gasteiger partial charge in [-0.3, -0.25) is 9.69 Å². The van der Waals surface area contributed by atoms with Crippen LogP contribution in [0, 0.1) is 0 Å². The molecule has 1 amide bonds. The summed E-state index contributed by atoms with van der Waals surface area (Å²) in [6, 6.07) is 14.3. The number of ether oxygens (including phenoxy) is 1. The van der Waals surface area contributed by atoms with Crippen LogP contribution in [0.4, 0.5) is 11.5 Å². The average Bonchev–Trinajstić information content (AvgIpc) is 2.76. The summed E-state index contributed by atoms with van der Waals surface area (Å²) >= 11 is 0. The van der Waals surface area contributed by atoms with Crippen LogP contribution in [0.25, 0.3) is 0 Å². The second kappa shape index (κ2) is 9.85. The maximum atomic E-state index is 12.5. The van der Waals surface area contributed by atoms with Gasteiger partial charge >= 0.3 is 0 Å². The summed E-state index contributed by atoms with van der Waals surface area (Å²) in [5, 5.41) is 2.98. The van der Waals surface area contributed by atoms with Gasteiger partial charge in [-0.05, 0) is 43.4 Å². The predicted molar refractivity (Wildman–Crippen MR) is 115 cm³/mol. The maximum Gasteiger partial charge on any atom is 0.238 e. The van der Waals surface area contributed by atoms with E-state index in [1.54, 1.807) is 6.20 Å². The average molecular weight is 395 g/mol. The molecule has 0 spiro atoms. The van der Waals surface area contributed by atoms with Crippen molar-refractivity contribution in [2.24, 2.45) is 0 Å². The minimum Gasteiger partial charge on any atom is -0.375 e. The molecule has 1 N–H and O–H groups in total. The Labute approximate surface area is 172 Å². The van der Waals surface area contributed by atoms with Crippen LogP contribution in [0.5, 0.6) is 0 Å². The third-order valence-electron chi connectivity index (χ3n) is 5.61. The van der Waals surface area contributed by atoms with E-state index in [4.69, 9.17) is 4.74 Å². The summed E-state index contributed by atoms with van der Waals surface area (Å²) < 4.78 is 5.89. The van der Waals surface area contributed by atoms with Crippen LogP contribution in [-0.4, -0.2) is 61.2 Å². The lowest BCUT2D eigenvalue weighted by Crippen LogP contribution is -2.46. The van der Waals surface area contributed by atoms with Gasteiger partial charge in [0, 0.05) is 26.2 Å². The molecule has 0 aliphatic carbocycles. The number of hydrogen-bond acceptors (Lipinski definition) is 5. The number of pyridine rings is 1. The number of carbonyl (C=O) groups excluding carboxylic acids is 1. The first-order chi connectivity index (χ1) is 14.3. The molecule has 4 rings (SSSR count). The minimum atomic E-state index is -0.00196. The lowest BCUT2D eigenvalue weighted by molar-refractivity contribution is -0.119. The smallest absolute Gasteiger partial charge is 0.238 e. The number of amides is 1. The third kappa shape index (κ3) is 5.78.